The summed E-state index contributed by atoms with van der Waals surface area (Å²) in [6, 6.07) is 13.1. The fourth-order valence-electron chi connectivity index (χ4n) is 2.93. The topological polar surface area (TPSA) is 89.0 Å². The van der Waals surface area contributed by atoms with E-state index in [0.717, 1.165) is 21.2 Å². The van der Waals surface area contributed by atoms with Crippen LogP contribution in [0.1, 0.15) is 28.4 Å². The van der Waals surface area contributed by atoms with Gasteiger partial charge in [-0.2, -0.15) is 5.10 Å². The molecule has 0 saturated carbocycles. The summed E-state index contributed by atoms with van der Waals surface area (Å²) in [6.07, 6.45) is 0. The molecule has 0 aliphatic rings. The number of thiophene rings is 1. The lowest BCUT2D eigenvalue weighted by Crippen LogP contribution is -2.35. The van der Waals surface area contributed by atoms with Gasteiger partial charge in [0.05, 0.1) is 26.0 Å². The van der Waals surface area contributed by atoms with Crippen LogP contribution in [0.4, 0.5) is 0 Å². The van der Waals surface area contributed by atoms with Gasteiger partial charge in [0.1, 0.15) is 5.75 Å². The van der Waals surface area contributed by atoms with Crippen LogP contribution in [0.15, 0.2) is 52.9 Å². The average Bonchev–Trinajstić information content (AvgIpc) is 3.20. The first-order chi connectivity index (χ1) is 14.5. The summed E-state index contributed by atoms with van der Waals surface area (Å²) in [5, 5.41) is 9.86. The van der Waals surface area contributed by atoms with Crippen LogP contribution in [0.3, 0.4) is 0 Å². The number of nitrogens with zero attached hydrogens (tertiary/aromatic N) is 1. The molecule has 7 nitrogen and oxygen atoms in total. The van der Waals surface area contributed by atoms with Gasteiger partial charge in [0.2, 0.25) is 0 Å². The minimum atomic E-state index is -0.412. The van der Waals surface area contributed by atoms with Crippen molar-refractivity contribution in [3.63, 3.8) is 0 Å². The summed E-state index contributed by atoms with van der Waals surface area (Å²) in [4.78, 5) is 24.5. The van der Waals surface area contributed by atoms with Crippen molar-refractivity contribution >= 4 is 38.9 Å². The van der Waals surface area contributed by atoms with Crippen molar-refractivity contribution in [1.29, 1.82) is 0 Å². The molecule has 0 bridgehead atoms. The highest BCUT2D eigenvalue weighted by molar-refractivity contribution is 7.17. The predicted octanol–water partition coefficient (Wildman–Crippen LogP) is 3.33. The number of rotatable bonds is 8. The normalized spacial score (nSPS) is 11.4. The molecule has 0 fully saturated rings. The maximum atomic E-state index is 12.3. The molecule has 2 N–H and O–H groups in total. The van der Waals surface area contributed by atoms with Gasteiger partial charge in [0.25, 0.3) is 11.8 Å². The maximum absolute atomic E-state index is 12.3. The molecule has 0 aliphatic carbocycles. The zero-order chi connectivity index (χ0) is 21.5. The summed E-state index contributed by atoms with van der Waals surface area (Å²) >= 11 is 1.63. The Labute approximate surface area is 178 Å². The van der Waals surface area contributed by atoms with Crippen LogP contribution >= 0.6 is 11.3 Å². The zero-order valence-corrected chi connectivity index (χ0v) is 17.8. The first kappa shape index (κ1) is 21.5. The number of hydrogen-bond donors (Lipinski definition) is 2. The molecule has 156 valence electrons. The van der Waals surface area contributed by atoms with Crippen molar-refractivity contribution in [2.24, 2.45) is 5.10 Å². The quantitative estimate of drug-likeness (QED) is 0.428. The molecule has 3 rings (SSSR count). The van der Waals surface area contributed by atoms with Crippen molar-refractivity contribution in [3.05, 3.63) is 64.5 Å². The Kier molecular flexibility index (Phi) is 7.16. The number of benzene rings is 2. The van der Waals surface area contributed by atoms with Gasteiger partial charge in [0, 0.05) is 39.3 Å². The number of carbonyl (C=O) groups is 2. The van der Waals surface area contributed by atoms with E-state index in [1.165, 1.54) is 7.11 Å². The van der Waals surface area contributed by atoms with E-state index in [0.29, 0.717) is 23.6 Å². The Morgan fingerprint density at radius 1 is 1.13 bits per heavy atom. The van der Waals surface area contributed by atoms with Crippen LogP contribution in [0, 0.1) is 0 Å². The molecule has 8 heteroatoms. The molecule has 2 aromatic carbocycles. The first-order valence-corrected chi connectivity index (χ1v) is 10.1. The monoisotopic (exact) mass is 425 g/mol. The molecular formula is C22H23N3O4S. The van der Waals surface area contributed by atoms with E-state index < -0.39 is 5.91 Å². The molecular weight excluding hydrogens is 402 g/mol. The molecule has 1 heterocycles. The van der Waals surface area contributed by atoms with E-state index in [4.69, 9.17) is 9.47 Å². The molecule has 0 aliphatic heterocycles. The smallest absolute Gasteiger partial charge is 0.259 e. The molecule has 1 aromatic heterocycles. The minimum Gasteiger partial charge on any atom is -0.496 e. The third-order valence-electron chi connectivity index (χ3n) is 4.48. The number of nitrogens with one attached hydrogen (secondary N) is 2. The van der Waals surface area contributed by atoms with E-state index >= 15 is 0 Å². The van der Waals surface area contributed by atoms with Gasteiger partial charge in [-0.1, -0.05) is 24.3 Å². The van der Waals surface area contributed by atoms with Gasteiger partial charge in [-0.25, -0.2) is 5.43 Å². The lowest BCUT2D eigenvalue weighted by molar-refractivity contribution is -0.120. The first-order valence-electron chi connectivity index (χ1n) is 9.27. The van der Waals surface area contributed by atoms with Crippen LogP contribution in [0.5, 0.6) is 5.75 Å². The zero-order valence-electron chi connectivity index (χ0n) is 17.0. The maximum Gasteiger partial charge on any atom is 0.259 e. The Balaban J connectivity index is 1.57. The second-order valence-electron chi connectivity index (χ2n) is 6.52. The number of hydrazone groups is 1. The van der Waals surface area contributed by atoms with Gasteiger partial charge in [-0.15, -0.1) is 11.3 Å². The molecule has 0 unspecified atom stereocenters. The van der Waals surface area contributed by atoms with Gasteiger partial charge in [0.15, 0.2) is 0 Å². The molecule has 0 radical (unpaired) electrons. The van der Waals surface area contributed by atoms with Crippen LogP contribution in [0.25, 0.3) is 10.1 Å². The number of methoxy groups -OCH3 is 2. The summed E-state index contributed by atoms with van der Waals surface area (Å²) in [7, 11) is 3.12. The van der Waals surface area contributed by atoms with Crippen molar-refractivity contribution < 1.29 is 19.1 Å². The van der Waals surface area contributed by atoms with Gasteiger partial charge in [-0.3, -0.25) is 9.59 Å². The highest BCUT2D eigenvalue weighted by Crippen LogP contribution is 2.26. The van der Waals surface area contributed by atoms with Crippen LogP contribution < -0.4 is 15.5 Å². The summed E-state index contributed by atoms with van der Waals surface area (Å²) < 4.78 is 11.5. The van der Waals surface area contributed by atoms with Crippen LogP contribution in [-0.2, 0) is 16.1 Å². The SMILES string of the molecule is COCc1ccc(C(=O)NCC(=O)N/N=C(\C)c2csc3ccccc23)cc1OC. The van der Waals surface area contributed by atoms with Crippen molar-refractivity contribution in [1.82, 2.24) is 10.7 Å². The number of amides is 2. The Hall–Kier alpha value is -3.23. The highest BCUT2D eigenvalue weighted by atomic mass is 32.1. The molecule has 0 spiro atoms. The molecule has 2 amide bonds. The summed E-state index contributed by atoms with van der Waals surface area (Å²) in [6.45, 7) is 2.02. The second-order valence-corrected chi connectivity index (χ2v) is 7.43. The van der Waals surface area contributed by atoms with Gasteiger partial charge < -0.3 is 14.8 Å². The molecule has 30 heavy (non-hydrogen) atoms. The second kappa shape index (κ2) is 10.00. The number of ether oxygens (including phenoxy) is 2. The highest BCUT2D eigenvalue weighted by Gasteiger charge is 2.12. The lowest BCUT2D eigenvalue weighted by atomic mass is 10.1. The van der Waals surface area contributed by atoms with Crippen molar-refractivity contribution in [2.45, 2.75) is 13.5 Å². The third kappa shape index (κ3) is 5.03. The summed E-state index contributed by atoms with van der Waals surface area (Å²) in [5.41, 5.74) is 5.39. The Bertz CT molecular complexity index is 1090. The molecule has 0 atom stereocenters. The third-order valence-corrected chi connectivity index (χ3v) is 5.44. The van der Waals surface area contributed by atoms with E-state index in [-0.39, 0.29) is 12.5 Å². The fraction of sp³-hybridized carbons (Fsp3) is 0.227. The van der Waals surface area contributed by atoms with Crippen LogP contribution in [0.2, 0.25) is 0 Å². The van der Waals surface area contributed by atoms with Crippen molar-refractivity contribution in [2.75, 3.05) is 20.8 Å². The number of fused-ring (bicyclic) bond motifs is 1. The minimum absolute atomic E-state index is 0.192. The van der Waals surface area contributed by atoms with Crippen molar-refractivity contribution in [3.8, 4) is 5.75 Å². The van der Waals surface area contributed by atoms with Crippen LogP contribution in [-0.4, -0.2) is 38.3 Å². The largest absolute Gasteiger partial charge is 0.496 e. The standard InChI is InChI=1S/C22H23N3O4S/c1-14(18-13-30-20-7-5-4-6-17(18)20)24-25-21(26)11-23-22(27)15-8-9-16(12-28-2)19(10-15)29-3/h4-10,13H,11-12H2,1-3H3,(H,23,27)(H,25,26)/b24-14+. The Morgan fingerprint density at radius 2 is 1.93 bits per heavy atom. The van der Waals surface area contributed by atoms with E-state index in [1.54, 1.807) is 36.6 Å². The Morgan fingerprint density at radius 3 is 2.70 bits per heavy atom. The lowest BCUT2D eigenvalue weighted by Gasteiger charge is -2.10. The average molecular weight is 426 g/mol. The predicted molar refractivity (Wildman–Crippen MR) is 118 cm³/mol. The number of hydrogen-bond acceptors (Lipinski definition) is 6. The number of carbonyl (C=O) groups excluding carboxylic acids is 2. The molecule has 0 saturated heterocycles. The summed E-state index contributed by atoms with van der Waals surface area (Å²) in [5.74, 6) is -0.237. The molecule has 3 aromatic rings. The van der Waals surface area contributed by atoms with E-state index in [1.807, 2.05) is 36.6 Å². The van der Waals surface area contributed by atoms with Gasteiger partial charge >= 0.3 is 0 Å². The fourth-order valence-corrected chi connectivity index (χ4v) is 3.93. The van der Waals surface area contributed by atoms with E-state index in [2.05, 4.69) is 15.8 Å². The van der Waals surface area contributed by atoms with E-state index in [9.17, 15) is 9.59 Å². The van der Waals surface area contributed by atoms with Gasteiger partial charge in [-0.05, 0) is 25.1 Å².